The monoisotopic (exact) mass is 232 g/mol. The molecule has 0 radical (unpaired) electrons. The second-order valence-electron chi connectivity index (χ2n) is 4.03. The first-order chi connectivity index (χ1) is 8.24. The van der Waals surface area contributed by atoms with Gasteiger partial charge in [-0.2, -0.15) is 0 Å². The van der Waals surface area contributed by atoms with E-state index in [9.17, 15) is 4.79 Å². The topological polar surface area (TPSA) is 80.6 Å². The highest BCUT2D eigenvalue weighted by molar-refractivity contribution is 5.98. The summed E-state index contributed by atoms with van der Waals surface area (Å²) in [4.78, 5) is 14.0. The van der Waals surface area contributed by atoms with Crippen molar-refractivity contribution in [2.24, 2.45) is 5.73 Å². The van der Waals surface area contributed by atoms with Gasteiger partial charge < -0.3 is 20.2 Å². The summed E-state index contributed by atoms with van der Waals surface area (Å²) in [5.74, 6) is 0.263. The van der Waals surface area contributed by atoms with E-state index < -0.39 is 5.91 Å². The van der Waals surface area contributed by atoms with Crippen LogP contribution in [0.3, 0.4) is 0 Å². The molecule has 0 bridgehead atoms. The molecule has 1 atom stereocenters. The third-order valence-electron chi connectivity index (χ3n) is 2.72. The maximum atomic E-state index is 11.1. The second-order valence-corrected chi connectivity index (χ2v) is 4.03. The van der Waals surface area contributed by atoms with Gasteiger partial charge in [-0.25, -0.2) is 0 Å². The van der Waals surface area contributed by atoms with Crippen LogP contribution in [0.4, 0.5) is 0 Å². The number of hydrogen-bond donors (Lipinski definition) is 2. The van der Waals surface area contributed by atoms with Crippen LogP contribution in [-0.4, -0.2) is 30.2 Å². The summed E-state index contributed by atoms with van der Waals surface area (Å²) in [5.41, 5.74) is 6.46. The maximum Gasteiger partial charge on any atom is 0.265 e. The quantitative estimate of drug-likeness (QED) is 0.773. The van der Waals surface area contributed by atoms with E-state index in [1.54, 1.807) is 6.07 Å². The number of aromatic nitrogens is 1. The van der Waals surface area contributed by atoms with E-state index in [4.69, 9.17) is 15.2 Å². The molecule has 3 rings (SSSR count). The number of primary amides is 1. The summed E-state index contributed by atoms with van der Waals surface area (Å²) in [6.45, 7) is 1.30. The number of carbonyl (C=O) groups is 1. The Morgan fingerprint density at radius 3 is 3.12 bits per heavy atom. The Bertz CT molecular complexity index is 572. The van der Waals surface area contributed by atoms with Gasteiger partial charge in [-0.3, -0.25) is 4.79 Å². The average Bonchev–Trinajstić information content (AvgIpc) is 3.02. The number of aromatic amines is 1. The molecule has 17 heavy (non-hydrogen) atoms. The molecule has 3 N–H and O–H groups in total. The first-order valence-electron chi connectivity index (χ1n) is 5.40. The number of rotatable bonds is 4. The van der Waals surface area contributed by atoms with E-state index in [1.165, 1.54) is 0 Å². The van der Waals surface area contributed by atoms with Crippen molar-refractivity contribution in [3.05, 3.63) is 30.0 Å². The van der Waals surface area contributed by atoms with E-state index in [0.717, 1.165) is 23.3 Å². The van der Waals surface area contributed by atoms with Gasteiger partial charge in [-0.1, -0.05) is 6.07 Å². The van der Waals surface area contributed by atoms with Gasteiger partial charge in [0.25, 0.3) is 5.91 Å². The molecule has 1 unspecified atom stereocenters. The molecule has 2 heterocycles. The van der Waals surface area contributed by atoms with E-state index in [-0.39, 0.29) is 6.10 Å². The van der Waals surface area contributed by atoms with Gasteiger partial charge in [0, 0.05) is 10.9 Å². The number of ether oxygens (including phenoxy) is 2. The third-order valence-corrected chi connectivity index (χ3v) is 2.72. The molecule has 5 nitrogen and oxygen atoms in total. The number of fused-ring (bicyclic) bond motifs is 1. The Morgan fingerprint density at radius 2 is 2.41 bits per heavy atom. The molecule has 2 aromatic rings. The first kappa shape index (κ1) is 10.2. The maximum absolute atomic E-state index is 11.1. The lowest BCUT2D eigenvalue weighted by atomic mass is 10.2. The van der Waals surface area contributed by atoms with Crippen LogP contribution in [0.1, 0.15) is 10.5 Å². The predicted octanol–water partition coefficient (Wildman–Crippen LogP) is 1.04. The van der Waals surface area contributed by atoms with E-state index >= 15 is 0 Å². The lowest BCUT2D eigenvalue weighted by molar-refractivity contribution is 0.0996. The Labute approximate surface area is 97.5 Å². The van der Waals surface area contributed by atoms with Crippen LogP contribution in [0.5, 0.6) is 5.75 Å². The molecule has 88 valence electrons. The summed E-state index contributed by atoms with van der Waals surface area (Å²) < 4.78 is 10.7. The van der Waals surface area contributed by atoms with Crippen molar-refractivity contribution in [2.75, 3.05) is 13.2 Å². The van der Waals surface area contributed by atoms with Crippen LogP contribution in [0.25, 0.3) is 10.9 Å². The van der Waals surface area contributed by atoms with Gasteiger partial charge >= 0.3 is 0 Å². The smallest absolute Gasteiger partial charge is 0.265 e. The third kappa shape index (κ3) is 1.97. The molecule has 1 aromatic heterocycles. The largest absolute Gasteiger partial charge is 0.490 e. The highest BCUT2D eigenvalue weighted by Crippen LogP contribution is 2.27. The highest BCUT2D eigenvalue weighted by Gasteiger charge is 2.23. The molecule has 1 amide bonds. The number of amides is 1. The zero-order valence-electron chi connectivity index (χ0n) is 9.10. The van der Waals surface area contributed by atoms with Crippen molar-refractivity contribution in [1.82, 2.24) is 4.98 Å². The number of epoxide rings is 1. The van der Waals surface area contributed by atoms with Crippen LogP contribution in [-0.2, 0) is 4.74 Å². The second kappa shape index (κ2) is 3.78. The van der Waals surface area contributed by atoms with Crippen molar-refractivity contribution in [3.8, 4) is 5.75 Å². The Balaban J connectivity index is 1.95. The SMILES string of the molecule is NC(=O)c1cc2c(OCC3CO3)cccc2[nH]1. The van der Waals surface area contributed by atoms with Crippen molar-refractivity contribution < 1.29 is 14.3 Å². The Morgan fingerprint density at radius 1 is 1.59 bits per heavy atom. The molecule has 0 aliphatic carbocycles. The van der Waals surface area contributed by atoms with Gasteiger partial charge in [-0.15, -0.1) is 0 Å². The zero-order chi connectivity index (χ0) is 11.8. The summed E-state index contributed by atoms with van der Waals surface area (Å²) in [6, 6.07) is 7.32. The molecule has 1 saturated heterocycles. The first-order valence-corrected chi connectivity index (χ1v) is 5.40. The van der Waals surface area contributed by atoms with E-state index in [2.05, 4.69) is 4.98 Å². The standard InChI is InChI=1S/C12H12N2O3/c13-12(15)10-4-8-9(14-10)2-1-3-11(8)17-6-7-5-16-7/h1-4,7,14H,5-6H2,(H2,13,15). The number of benzene rings is 1. The minimum Gasteiger partial charge on any atom is -0.490 e. The van der Waals surface area contributed by atoms with Crippen LogP contribution in [0, 0.1) is 0 Å². The minimum absolute atomic E-state index is 0.208. The molecular weight excluding hydrogens is 220 g/mol. The summed E-state index contributed by atoms with van der Waals surface area (Å²) >= 11 is 0. The van der Waals surface area contributed by atoms with Crippen LogP contribution in [0.15, 0.2) is 24.3 Å². The number of carbonyl (C=O) groups excluding carboxylic acids is 1. The van der Waals surface area contributed by atoms with Crippen LogP contribution in [0.2, 0.25) is 0 Å². The molecule has 0 spiro atoms. The fraction of sp³-hybridized carbons (Fsp3) is 0.250. The normalized spacial score (nSPS) is 18.2. The molecule has 0 saturated carbocycles. The number of H-pyrrole nitrogens is 1. The highest BCUT2D eigenvalue weighted by atomic mass is 16.6. The van der Waals surface area contributed by atoms with Gasteiger partial charge in [0.15, 0.2) is 0 Å². The summed E-state index contributed by atoms with van der Waals surface area (Å²) in [6.07, 6.45) is 0.208. The molecule has 1 fully saturated rings. The fourth-order valence-corrected chi connectivity index (χ4v) is 1.73. The molecule has 1 aromatic carbocycles. The van der Waals surface area contributed by atoms with E-state index in [1.807, 2.05) is 18.2 Å². The average molecular weight is 232 g/mol. The molecule has 1 aliphatic rings. The lowest BCUT2D eigenvalue weighted by Crippen LogP contribution is -2.10. The molecule has 1 aliphatic heterocycles. The molecular formula is C12H12N2O3. The Kier molecular flexibility index (Phi) is 2.26. The molecule has 5 heteroatoms. The predicted molar refractivity (Wildman–Crippen MR) is 62.1 cm³/mol. The summed E-state index contributed by atoms with van der Waals surface area (Å²) in [5, 5.41) is 0.863. The lowest BCUT2D eigenvalue weighted by Gasteiger charge is -2.04. The number of nitrogens with two attached hydrogens (primary N) is 1. The number of hydrogen-bond acceptors (Lipinski definition) is 3. The van der Waals surface area contributed by atoms with Crippen molar-refractivity contribution in [3.63, 3.8) is 0 Å². The van der Waals surface area contributed by atoms with Crippen molar-refractivity contribution >= 4 is 16.8 Å². The van der Waals surface area contributed by atoms with Gasteiger partial charge in [-0.05, 0) is 18.2 Å². The number of nitrogens with one attached hydrogen (secondary N) is 1. The van der Waals surface area contributed by atoms with Gasteiger partial charge in [0.05, 0.1) is 6.61 Å². The van der Waals surface area contributed by atoms with Crippen LogP contribution >= 0.6 is 0 Å². The fourth-order valence-electron chi connectivity index (χ4n) is 1.73. The van der Waals surface area contributed by atoms with Crippen molar-refractivity contribution in [2.45, 2.75) is 6.10 Å². The van der Waals surface area contributed by atoms with Gasteiger partial charge in [0.2, 0.25) is 0 Å². The zero-order valence-corrected chi connectivity index (χ0v) is 9.10. The Hall–Kier alpha value is -2.01. The minimum atomic E-state index is -0.474. The van der Waals surface area contributed by atoms with E-state index in [0.29, 0.717) is 12.3 Å². The van der Waals surface area contributed by atoms with Crippen LogP contribution < -0.4 is 10.5 Å². The van der Waals surface area contributed by atoms with Crippen molar-refractivity contribution in [1.29, 1.82) is 0 Å². The summed E-state index contributed by atoms with van der Waals surface area (Å²) in [7, 11) is 0. The van der Waals surface area contributed by atoms with Gasteiger partial charge in [0.1, 0.15) is 24.2 Å².